The van der Waals surface area contributed by atoms with Gasteiger partial charge in [-0.3, -0.25) is 4.79 Å². The van der Waals surface area contributed by atoms with Gasteiger partial charge in [-0.15, -0.1) is 0 Å². The van der Waals surface area contributed by atoms with Crippen LogP contribution in [0.3, 0.4) is 0 Å². The van der Waals surface area contributed by atoms with Crippen LogP contribution in [0.5, 0.6) is 0 Å². The topological polar surface area (TPSA) is 30.2 Å². The van der Waals surface area contributed by atoms with Crippen molar-refractivity contribution in [3.8, 4) is 0 Å². The van der Waals surface area contributed by atoms with E-state index in [4.69, 9.17) is 4.42 Å². The van der Waals surface area contributed by atoms with Crippen LogP contribution in [0.2, 0.25) is 0 Å². The van der Waals surface area contributed by atoms with Gasteiger partial charge in [-0.05, 0) is 12.1 Å². The number of Topliss-reactive ketones (excluding diaryl/α,β-unsaturated/α-hetero) is 1. The predicted molar refractivity (Wildman–Crippen MR) is 38.1 cm³/mol. The molecule has 0 N–H and O–H groups in total. The molecular weight excluding hydrogens is 185 g/mol. The standard InChI is InChI=1S/C8H7F3O2/c9-8(10,11)5-6(12)4-7-2-1-3-13-7/h1-3H,4-5H2. The van der Waals surface area contributed by atoms with E-state index in [2.05, 4.69) is 0 Å². The maximum atomic E-state index is 11.7. The highest BCUT2D eigenvalue weighted by Crippen LogP contribution is 2.20. The highest BCUT2D eigenvalue weighted by atomic mass is 19.4. The van der Waals surface area contributed by atoms with E-state index in [0.29, 0.717) is 0 Å². The Morgan fingerprint density at radius 3 is 2.62 bits per heavy atom. The summed E-state index contributed by atoms with van der Waals surface area (Å²) in [6, 6.07) is 2.99. The second kappa shape index (κ2) is 3.64. The Hall–Kier alpha value is -1.26. The van der Waals surface area contributed by atoms with Crippen molar-refractivity contribution >= 4 is 5.78 Å². The van der Waals surface area contributed by atoms with E-state index in [1.807, 2.05) is 0 Å². The molecule has 0 aliphatic carbocycles. The summed E-state index contributed by atoms with van der Waals surface area (Å²) in [6.07, 6.45) is -4.81. The minimum Gasteiger partial charge on any atom is -0.469 e. The molecule has 1 aromatic heterocycles. The highest BCUT2D eigenvalue weighted by Gasteiger charge is 2.31. The number of furan rings is 1. The van der Waals surface area contributed by atoms with Crippen molar-refractivity contribution in [3.05, 3.63) is 24.2 Å². The molecule has 0 bridgehead atoms. The van der Waals surface area contributed by atoms with Gasteiger partial charge in [-0.1, -0.05) is 0 Å². The summed E-state index contributed by atoms with van der Waals surface area (Å²) in [4.78, 5) is 10.7. The molecule has 0 fully saturated rings. The number of carbonyl (C=O) groups excluding carboxylic acids is 1. The number of carbonyl (C=O) groups is 1. The molecule has 0 atom stereocenters. The van der Waals surface area contributed by atoms with E-state index in [0.717, 1.165) is 0 Å². The third-order valence-electron chi connectivity index (χ3n) is 1.35. The smallest absolute Gasteiger partial charge is 0.395 e. The molecule has 0 aromatic carbocycles. The first-order chi connectivity index (χ1) is 5.97. The fourth-order valence-electron chi connectivity index (χ4n) is 0.894. The van der Waals surface area contributed by atoms with Crippen molar-refractivity contribution in [3.63, 3.8) is 0 Å². The molecule has 5 heteroatoms. The zero-order chi connectivity index (χ0) is 9.90. The lowest BCUT2D eigenvalue weighted by Crippen LogP contribution is -2.16. The van der Waals surface area contributed by atoms with Gasteiger partial charge in [0.15, 0.2) is 0 Å². The molecule has 72 valence electrons. The molecule has 13 heavy (non-hydrogen) atoms. The quantitative estimate of drug-likeness (QED) is 0.735. The Balaban J connectivity index is 2.43. The lowest BCUT2D eigenvalue weighted by Gasteiger charge is -2.03. The van der Waals surface area contributed by atoms with Crippen molar-refractivity contribution in [1.82, 2.24) is 0 Å². The second-order valence-electron chi connectivity index (χ2n) is 2.59. The van der Waals surface area contributed by atoms with E-state index >= 15 is 0 Å². The largest absolute Gasteiger partial charge is 0.469 e. The Labute approximate surface area is 72.3 Å². The number of ketones is 1. The number of hydrogen-bond acceptors (Lipinski definition) is 2. The summed E-state index contributed by atoms with van der Waals surface area (Å²) in [6.45, 7) is 0. The summed E-state index contributed by atoms with van der Waals surface area (Å²) in [7, 11) is 0. The van der Waals surface area contributed by atoms with Gasteiger partial charge in [0, 0.05) is 0 Å². The van der Waals surface area contributed by atoms with Crippen LogP contribution in [0.1, 0.15) is 12.2 Å². The fourth-order valence-corrected chi connectivity index (χ4v) is 0.894. The molecule has 0 spiro atoms. The Morgan fingerprint density at radius 2 is 2.15 bits per heavy atom. The molecule has 1 heterocycles. The van der Waals surface area contributed by atoms with Crippen LogP contribution in [0, 0.1) is 0 Å². The molecule has 0 aliphatic rings. The first-order valence-corrected chi connectivity index (χ1v) is 3.58. The average molecular weight is 192 g/mol. The van der Waals surface area contributed by atoms with Gasteiger partial charge in [-0.2, -0.15) is 13.2 Å². The maximum absolute atomic E-state index is 11.7. The van der Waals surface area contributed by atoms with E-state index < -0.39 is 18.4 Å². The van der Waals surface area contributed by atoms with Crippen LogP contribution in [0.4, 0.5) is 13.2 Å². The third-order valence-corrected chi connectivity index (χ3v) is 1.35. The average Bonchev–Trinajstić information content (AvgIpc) is 2.34. The van der Waals surface area contributed by atoms with Gasteiger partial charge in [0.25, 0.3) is 0 Å². The molecule has 0 aliphatic heterocycles. The molecule has 1 aromatic rings. The molecule has 0 amide bonds. The minimum atomic E-state index is -4.43. The van der Waals surface area contributed by atoms with Crippen LogP contribution in [-0.2, 0) is 11.2 Å². The number of halogens is 3. The Morgan fingerprint density at radius 1 is 1.46 bits per heavy atom. The van der Waals surface area contributed by atoms with Gasteiger partial charge < -0.3 is 4.42 Å². The molecule has 0 unspecified atom stereocenters. The maximum Gasteiger partial charge on any atom is 0.395 e. The zero-order valence-corrected chi connectivity index (χ0v) is 6.60. The summed E-state index contributed by atoms with van der Waals surface area (Å²) < 4.78 is 39.8. The third kappa shape index (κ3) is 3.78. The zero-order valence-electron chi connectivity index (χ0n) is 6.60. The van der Waals surface area contributed by atoms with Crippen LogP contribution in [-0.4, -0.2) is 12.0 Å². The molecule has 0 saturated carbocycles. The number of rotatable bonds is 3. The first kappa shape index (κ1) is 9.83. The van der Waals surface area contributed by atoms with Crippen LogP contribution in [0.15, 0.2) is 22.8 Å². The predicted octanol–water partition coefficient (Wildman–Crippen LogP) is 2.34. The van der Waals surface area contributed by atoms with Crippen LogP contribution >= 0.6 is 0 Å². The molecule has 2 nitrogen and oxygen atoms in total. The summed E-state index contributed by atoms with van der Waals surface area (Å²) >= 11 is 0. The SMILES string of the molecule is O=C(Cc1ccco1)CC(F)(F)F. The van der Waals surface area contributed by atoms with Gasteiger partial charge >= 0.3 is 6.18 Å². The lowest BCUT2D eigenvalue weighted by atomic mass is 10.2. The summed E-state index contributed by atoms with van der Waals surface area (Å²) in [5.74, 6) is -0.628. The Kier molecular flexibility index (Phi) is 2.75. The molecular formula is C8H7F3O2. The van der Waals surface area contributed by atoms with Crippen molar-refractivity contribution < 1.29 is 22.4 Å². The van der Waals surface area contributed by atoms with Crippen molar-refractivity contribution in [1.29, 1.82) is 0 Å². The first-order valence-electron chi connectivity index (χ1n) is 3.58. The molecule has 0 saturated heterocycles. The van der Waals surface area contributed by atoms with Gasteiger partial charge in [0.2, 0.25) is 0 Å². The van der Waals surface area contributed by atoms with Crippen molar-refractivity contribution in [2.75, 3.05) is 0 Å². The fraction of sp³-hybridized carbons (Fsp3) is 0.375. The molecule has 0 radical (unpaired) electrons. The van der Waals surface area contributed by atoms with E-state index in [-0.39, 0.29) is 12.2 Å². The van der Waals surface area contributed by atoms with Crippen molar-refractivity contribution in [2.24, 2.45) is 0 Å². The highest BCUT2D eigenvalue weighted by molar-refractivity contribution is 5.80. The summed E-state index contributed by atoms with van der Waals surface area (Å²) in [5.41, 5.74) is 0. The molecule has 1 rings (SSSR count). The minimum absolute atomic E-state index is 0.259. The van der Waals surface area contributed by atoms with E-state index in [9.17, 15) is 18.0 Å². The van der Waals surface area contributed by atoms with Crippen LogP contribution < -0.4 is 0 Å². The summed E-state index contributed by atoms with van der Waals surface area (Å²) in [5, 5.41) is 0. The van der Waals surface area contributed by atoms with Crippen LogP contribution in [0.25, 0.3) is 0 Å². The van der Waals surface area contributed by atoms with Gasteiger partial charge in [-0.25, -0.2) is 0 Å². The van der Waals surface area contributed by atoms with Crippen molar-refractivity contribution in [2.45, 2.75) is 19.0 Å². The van der Waals surface area contributed by atoms with E-state index in [1.54, 1.807) is 0 Å². The lowest BCUT2D eigenvalue weighted by molar-refractivity contribution is -0.151. The number of hydrogen-bond donors (Lipinski definition) is 0. The van der Waals surface area contributed by atoms with Gasteiger partial charge in [0.05, 0.1) is 12.7 Å². The monoisotopic (exact) mass is 192 g/mol. The normalized spacial score (nSPS) is 11.6. The number of alkyl halides is 3. The second-order valence-corrected chi connectivity index (χ2v) is 2.59. The van der Waals surface area contributed by atoms with E-state index in [1.165, 1.54) is 18.4 Å². The van der Waals surface area contributed by atoms with Gasteiger partial charge in [0.1, 0.15) is 18.0 Å². The Bertz CT molecular complexity index is 274.